The van der Waals surface area contributed by atoms with Crippen molar-refractivity contribution in [3.63, 3.8) is 0 Å². The molecule has 0 aliphatic heterocycles. The lowest BCUT2D eigenvalue weighted by molar-refractivity contribution is 0.000664. The van der Waals surface area contributed by atoms with Gasteiger partial charge in [0, 0.05) is 18.0 Å². The van der Waals surface area contributed by atoms with E-state index in [0.29, 0.717) is 19.1 Å². The minimum absolute atomic E-state index is 0.246. The third-order valence-corrected chi connectivity index (χ3v) is 4.20. The Morgan fingerprint density at radius 3 is 2.75 bits per heavy atom. The lowest BCUT2D eigenvalue weighted by atomic mass is 10.1. The van der Waals surface area contributed by atoms with Crippen molar-refractivity contribution in [2.75, 3.05) is 24.2 Å². The van der Waals surface area contributed by atoms with E-state index < -0.39 is 0 Å². The van der Waals surface area contributed by atoms with Crippen LogP contribution in [0, 0.1) is 0 Å². The normalized spacial score (nSPS) is 12.0. The van der Waals surface area contributed by atoms with Gasteiger partial charge in [-0.1, -0.05) is 6.92 Å². The second-order valence-electron chi connectivity index (χ2n) is 5.26. The third kappa shape index (κ3) is 3.37. The number of hydrogen-bond donors (Lipinski definition) is 2. The number of nitrogens with zero attached hydrogens (tertiary/aromatic N) is 2. The van der Waals surface area contributed by atoms with Gasteiger partial charge in [-0.3, -0.25) is 0 Å². The van der Waals surface area contributed by atoms with Crippen LogP contribution < -0.4 is 11.1 Å². The highest BCUT2D eigenvalue weighted by atomic mass is 32.1. The summed E-state index contributed by atoms with van der Waals surface area (Å²) in [7, 11) is 0. The Morgan fingerprint density at radius 1 is 1.35 bits per heavy atom. The lowest BCUT2D eigenvalue weighted by Gasteiger charge is -2.25. The van der Waals surface area contributed by atoms with E-state index in [9.17, 15) is 0 Å². The van der Waals surface area contributed by atoms with E-state index in [2.05, 4.69) is 42.1 Å². The third-order valence-electron chi connectivity index (χ3n) is 3.03. The smallest absolute Gasteiger partial charge is 0.223 e. The summed E-state index contributed by atoms with van der Waals surface area (Å²) in [6.07, 6.45) is 0.991. The molecule has 0 spiro atoms. The molecule has 0 saturated carbocycles. The van der Waals surface area contributed by atoms with Crippen LogP contribution in [0.3, 0.4) is 0 Å². The van der Waals surface area contributed by atoms with Crippen LogP contribution in [0.15, 0.2) is 6.07 Å². The van der Waals surface area contributed by atoms with Gasteiger partial charge in [0.15, 0.2) is 0 Å². The van der Waals surface area contributed by atoms with Crippen molar-refractivity contribution in [2.24, 2.45) is 0 Å². The van der Waals surface area contributed by atoms with Gasteiger partial charge in [0.05, 0.1) is 11.0 Å². The van der Waals surface area contributed by atoms with Gasteiger partial charge in [0.25, 0.3) is 0 Å². The molecule has 6 heteroatoms. The lowest BCUT2D eigenvalue weighted by Crippen LogP contribution is -2.33. The molecular weight excluding hydrogens is 272 g/mol. The number of hydrogen-bond acceptors (Lipinski definition) is 6. The molecule has 2 aromatic heterocycles. The second-order valence-corrected chi connectivity index (χ2v) is 6.38. The number of fused-ring (bicyclic) bond motifs is 1. The van der Waals surface area contributed by atoms with E-state index in [-0.39, 0.29) is 5.60 Å². The van der Waals surface area contributed by atoms with Crippen LogP contribution in [0.2, 0.25) is 0 Å². The summed E-state index contributed by atoms with van der Waals surface area (Å²) >= 11 is 1.67. The zero-order valence-electron chi connectivity index (χ0n) is 12.5. The zero-order valence-corrected chi connectivity index (χ0v) is 13.3. The van der Waals surface area contributed by atoms with Gasteiger partial charge in [-0.05, 0) is 33.3 Å². The van der Waals surface area contributed by atoms with Gasteiger partial charge in [0.1, 0.15) is 10.6 Å². The predicted molar refractivity (Wildman–Crippen MR) is 85.4 cm³/mol. The van der Waals surface area contributed by atoms with E-state index in [4.69, 9.17) is 10.5 Å². The highest BCUT2D eigenvalue weighted by Gasteiger charge is 2.19. The van der Waals surface area contributed by atoms with E-state index in [1.54, 1.807) is 11.3 Å². The Morgan fingerprint density at radius 2 is 2.10 bits per heavy atom. The van der Waals surface area contributed by atoms with E-state index in [0.717, 1.165) is 22.5 Å². The molecule has 0 unspecified atom stereocenters. The molecule has 0 amide bonds. The van der Waals surface area contributed by atoms with Crippen LogP contribution in [0.4, 0.5) is 11.8 Å². The Hall–Kier alpha value is -1.40. The van der Waals surface area contributed by atoms with Gasteiger partial charge < -0.3 is 15.8 Å². The number of aromatic nitrogens is 2. The van der Waals surface area contributed by atoms with E-state index in [1.165, 1.54) is 4.88 Å². The minimum Gasteiger partial charge on any atom is -0.374 e. The number of rotatable bonds is 6. The average Bonchev–Trinajstić information content (AvgIpc) is 2.78. The van der Waals surface area contributed by atoms with Crippen LogP contribution >= 0.6 is 11.3 Å². The summed E-state index contributed by atoms with van der Waals surface area (Å²) in [5, 5.41) is 4.38. The standard InChI is InChI=1S/C14H22N4OS/c1-5-9-7-10-11(16-8-14(3,4)19-6-2)17-13(15)18-12(10)20-9/h7H,5-6,8H2,1-4H3,(H3,15,16,17,18). The van der Waals surface area contributed by atoms with Crippen LogP contribution in [0.1, 0.15) is 32.6 Å². The molecule has 110 valence electrons. The maximum absolute atomic E-state index is 5.79. The van der Waals surface area contributed by atoms with E-state index in [1.807, 2.05) is 6.92 Å². The molecule has 2 rings (SSSR count). The Labute approximate surface area is 123 Å². The first-order valence-electron chi connectivity index (χ1n) is 6.89. The largest absolute Gasteiger partial charge is 0.374 e. The molecule has 20 heavy (non-hydrogen) atoms. The number of anilines is 2. The quantitative estimate of drug-likeness (QED) is 0.856. The van der Waals surface area contributed by atoms with Gasteiger partial charge in [-0.2, -0.15) is 4.98 Å². The molecule has 0 radical (unpaired) electrons. The van der Waals surface area contributed by atoms with Crippen molar-refractivity contribution in [3.05, 3.63) is 10.9 Å². The monoisotopic (exact) mass is 294 g/mol. The van der Waals surface area contributed by atoms with Crippen LogP contribution in [0.25, 0.3) is 10.2 Å². The molecule has 3 N–H and O–H groups in total. The van der Waals surface area contributed by atoms with Crippen molar-refractivity contribution in [1.82, 2.24) is 9.97 Å². The van der Waals surface area contributed by atoms with Gasteiger partial charge >= 0.3 is 0 Å². The summed E-state index contributed by atoms with van der Waals surface area (Å²) in [6, 6.07) is 2.13. The highest BCUT2D eigenvalue weighted by molar-refractivity contribution is 7.18. The molecule has 5 nitrogen and oxygen atoms in total. The molecule has 2 heterocycles. The molecule has 0 saturated heterocycles. The maximum atomic E-state index is 5.79. The first kappa shape index (κ1) is 15.0. The number of nitrogens with one attached hydrogen (secondary N) is 1. The number of ether oxygens (including phenoxy) is 1. The predicted octanol–water partition coefficient (Wildman–Crippen LogP) is 3.06. The average molecular weight is 294 g/mol. The minimum atomic E-state index is -0.246. The Balaban J connectivity index is 2.26. The topological polar surface area (TPSA) is 73.1 Å². The number of aryl methyl sites for hydroxylation is 1. The van der Waals surface area contributed by atoms with Crippen molar-refractivity contribution >= 4 is 33.3 Å². The summed E-state index contributed by atoms with van der Waals surface area (Å²) in [6.45, 7) is 9.59. The highest BCUT2D eigenvalue weighted by Crippen LogP contribution is 2.30. The number of thiophene rings is 1. The first-order valence-corrected chi connectivity index (χ1v) is 7.70. The molecule has 2 aromatic rings. The van der Waals surface area contributed by atoms with Gasteiger partial charge in [-0.25, -0.2) is 4.98 Å². The van der Waals surface area contributed by atoms with Gasteiger partial charge in [0.2, 0.25) is 5.95 Å². The summed E-state index contributed by atoms with van der Waals surface area (Å²) in [5.41, 5.74) is 5.54. The summed E-state index contributed by atoms with van der Waals surface area (Å²) in [4.78, 5) is 10.8. The van der Waals surface area contributed by atoms with Crippen LogP contribution in [-0.4, -0.2) is 28.7 Å². The summed E-state index contributed by atoms with van der Waals surface area (Å²) in [5.74, 6) is 1.09. The maximum Gasteiger partial charge on any atom is 0.223 e. The zero-order chi connectivity index (χ0) is 14.8. The van der Waals surface area contributed by atoms with Gasteiger partial charge in [-0.15, -0.1) is 11.3 Å². The molecule has 0 aromatic carbocycles. The van der Waals surface area contributed by atoms with Crippen molar-refractivity contribution in [2.45, 2.75) is 39.7 Å². The van der Waals surface area contributed by atoms with Crippen LogP contribution in [0.5, 0.6) is 0 Å². The summed E-state index contributed by atoms with van der Waals surface area (Å²) < 4.78 is 5.69. The Bertz CT molecular complexity index is 594. The fourth-order valence-electron chi connectivity index (χ4n) is 2.04. The fourth-order valence-corrected chi connectivity index (χ4v) is 3.01. The second kappa shape index (κ2) is 5.93. The van der Waals surface area contributed by atoms with Crippen molar-refractivity contribution in [1.29, 1.82) is 0 Å². The molecule has 0 bridgehead atoms. The SMILES string of the molecule is CCOC(C)(C)CNc1nc(N)nc2sc(CC)cc12. The first-order chi connectivity index (χ1) is 9.45. The van der Waals surface area contributed by atoms with E-state index >= 15 is 0 Å². The molecule has 0 fully saturated rings. The van der Waals surface area contributed by atoms with Crippen molar-refractivity contribution in [3.8, 4) is 0 Å². The van der Waals surface area contributed by atoms with Crippen LogP contribution in [-0.2, 0) is 11.2 Å². The number of nitrogens with two attached hydrogens (primary N) is 1. The molecule has 0 atom stereocenters. The fraction of sp³-hybridized carbons (Fsp3) is 0.571. The molecule has 0 aliphatic rings. The van der Waals surface area contributed by atoms with Crippen molar-refractivity contribution < 1.29 is 4.74 Å². The molecule has 0 aliphatic carbocycles. The number of nitrogen functional groups attached to an aromatic ring is 1. The Kier molecular flexibility index (Phi) is 4.45. The molecular formula is C14H22N4OS.